The Bertz CT molecular complexity index is 404. The highest BCUT2D eigenvalue weighted by atomic mass is 32.1. The van der Waals surface area contributed by atoms with Crippen molar-refractivity contribution in [2.24, 2.45) is 0 Å². The second-order valence-corrected chi connectivity index (χ2v) is 6.35. The molecular formula is C12H16N2S2. The van der Waals surface area contributed by atoms with Crippen LogP contribution in [0.5, 0.6) is 0 Å². The number of hydrogen-bond acceptors (Lipinski definition) is 4. The first-order valence-corrected chi connectivity index (χ1v) is 7.06. The first-order valence-electron chi connectivity index (χ1n) is 5.30. The number of rotatable bonds is 5. The molecule has 2 rings (SSSR count). The number of thiazole rings is 1. The Morgan fingerprint density at radius 3 is 2.88 bits per heavy atom. The maximum Gasteiger partial charge on any atom is 0.0794 e. The maximum absolute atomic E-state index is 4.07. The molecule has 0 amide bonds. The van der Waals surface area contributed by atoms with Gasteiger partial charge in [-0.25, -0.2) is 0 Å². The summed E-state index contributed by atoms with van der Waals surface area (Å²) in [6, 6.07) is 4.32. The minimum atomic E-state index is 0.207. The topological polar surface area (TPSA) is 24.9 Å². The van der Waals surface area contributed by atoms with E-state index < -0.39 is 0 Å². The van der Waals surface area contributed by atoms with Crippen LogP contribution in [-0.2, 0) is 12.0 Å². The van der Waals surface area contributed by atoms with Gasteiger partial charge in [0.05, 0.1) is 5.51 Å². The van der Waals surface area contributed by atoms with E-state index in [0.717, 1.165) is 13.1 Å². The molecule has 16 heavy (non-hydrogen) atoms. The van der Waals surface area contributed by atoms with Crippen LogP contribution >= 0.6 is 22.7 Å². The lowest BCUT2D eigenvalue weighted by molar-refractivity contribution is 0.478. The summed E-state index contributed by atoms with van der Waals surface area (Å²) in [5.74, 6) is 0. The Hall–Kier alpha value is -0.710. The normalized spacial score (nSPS) is 11.9. The van der Waals surface area contributed by atoms with Crippen LogP contribution in [0.25, 0.3) is 0 Å². The van der Waals surface area contributed by atoms with Gasteiger partial charge in [0, 0.05) is 34.5 Å². The van der Waals surface area contributed by atoms with Crippen molar-refractivity contribution >= 4 is 22.7 Å². The average Bonchev–Trinajstić information content (AvgIpc) is 2.90. The molecule has 0 bridgehead atoms. The van der Waals surface area contributed by atoms with E-state index in [1.165, 1.54) is 9.75 Å². The molecule has 86 valence electrons. The van der Waals surface area contributed by atoms with Crippen molar-refractivity contribution in [3.05, 3.63) is 39.0 Å². The van der Waals surface area contributed by atoms with Gasteiger partial charge in [0.15, 0.2) is 0 Å². The van der Waals surface area contributed by atoms with Gasteiger partial charge >= 0.3 is 0 Å². The molecule has 0 spiro atoms. The molecule has 0 aliphatic heterocycles. The van der Waals surface area contributed by atoms with Crippen molar-refractivity contribution in [3.8, 4) is 0 Å². The van der Waals surface area contributed by atoms with E-state index in [9.17, 15) is 0 Å². The highest BCUT2D eigenvalue weighted by Crippen LogP contribution is 2.26. The molecule has 1 N–H and O–H groups in total. The molecule has 2 heterocycles. The molecule has 0 aliphatic carbocycles. The van der Waals surface area contributed by atoms with Gasteiger partial charge in [-0.3, -0.25) is 4.98 Å². The van der Waals surface area contributed by atoms with E-state index in [2.05, 4.69) is 41.7 Å². The summed E-state index contributed by atoms with van der Waals surface area (Å²) in [6.07, 6.45) is 1.93. The van der Waals surface area contributed by atoms with Crippen LogP contribution in [-0.4, -0.2) is 11.5 Å². The van der Waals surface area contributed by atoms with E-state index in [-0.39, 0.29) is 5.41 Å². The van der Waals surface area contributed by atoms with Gasteiger partial charge in [-0.15, -0.1) is 22.7 Å². The van der Waals surface area contributed by atoms with Crippen LogP contribution in [0.2, 0.25) is 0 Å². The molecule has 4 heteroatoms. The van der Waals surface area contributed by atoms with Crippen molar-refractivity contribution < 1.29 is 0 Å². The molecule has 0 fully saturated rings. The van der Waals surface area contributed by atoms with Crippen molar-refractivity contribution in [2.45, 2.75) is 25.8 Å². The molecule has 0 aromatic carbocycles. The zero-order valence-corrected chi connectivity index (χ0v) is 11.2. The Morgan fingerprint density at radius 2 is 2.25 bits per heavy atom. The zero-order chi connectivity index (χ0) is 11.4. The van der Waals surface area contributed by atoms with Crippen molar-refractivity contribution in [3.63, 3.8) is 0 Å². The van der Waals surface area contributed by atoms with Crippen LogP contribution < -0.4 is 5.32 Å². The van der Waals surface area contributed by atoms with Gasteiger partial charge in [-0.1, -0.05) is 19.9 Å². The quantitative estimate of drug-likeness (QED) is 0.883. The second-order valence-electron chi connectivity index (χ2n) is 4.43. The van der Waals surface area contributed by atoms with Gasteiger partial charge in [0.25, 0.3) is 0 Å². The van der Waals surface area contributed by atoms with Crippen LogP contribution in [0.4, 0.5) is 0 Å². The minimum absolute atomic E-state index is 0.207. The fourth-order valence-electron chi connectivity index (χ4n) is 1.58. The van der Waals surface area contributed by atoms with Gasteiger partial charge in [0.2, 0.25) is 0 Å². The molecule has 0 saturated heterocycles. The average molecular weight is 252 g/mol. The van der Waals surface area contributed by atoms with Crippen molar-refractivity contribution in [2.75, 3.05) is 6.54 Å². The summed E-state index contributed by atoms with van der Waals surface area (Å²) in [7, 11) is 0. The lowest BCUT2D eigenvalue weighted by atomic mass is 9.91. The van der Waals surface area contributed by atoms with E-state index >= 15 is 0 Å². The maximum atomic E-state index is 4.07. The molecule has 0 aliphatic rings. The fourth-order valence-corrected chi connectivity index (χ4v) is 2.99. The summed E-state index contributed by atoms with van der Waals surface area (Å²) in [6.45, 7) is 6.46. The number of aromatic nitrogens is 1. The summed E-state index contributed by atoms with van der Waals surface area (Å²) in [5.41, 5.74) is 2.08. The predicted molar refractivity (Wildman–Crippen MR) is 71.2 cm³/mol. The third kappa shape index (κ3) is 2.90. The monoisotopic (exact) mass is 252 g/mol. The summed E-state index contributed by atoms with van der Waals surface area (Å²) in [4.78, 5) is 6.80. The van der Waals surface area contributed by atoms with Gasteiger partial charge < -0.3 is 5.32 Å². The smallest absolute Gasteiger partial charge is 0.0794 e. The first-order chi connectivity index (χ1) is 7.68. The lowest BCUT2D eigenvalue weighted by Crippen LogP contribution is -2.31. The second kappa shape index (κ2) is 5.08. The van der Waals surface area contributed by atoms with Gasteiger partial charge in [0.1, 0.15) is 0 Å². The lowest BCUT2D eigenvalue weighted by Gasteiger charge is -2.23. The summed E-state index contributed by atoms with van der Waals surface area (Å²) >= 11 is 3.53. The molecule has 2 nitrogen and oxygen atoms in total. The molecule has 0 unspecified atom stereocenters. The number of nitrogens with one attached hydrogen (secondary N) is 1. The highest BCUT2D eigenvalue weighted by molar-refractivity contribution is 7.10. The van der Waals surface area contributed by atoms with Crippen molar-refractivity contribution in [1.82, 2.24) is 10.3 Å². The van der Waals surface area contributed by atoms with E-state index in [1.54, 1.807) is 11.3 Å². The molecule has 0 saturated carbocycles. The highest BCUT2D eigenvalue weighted by Gasteiger charge is 2.20. The predicted octanol–water partition coefficient (Wildman–Crippen LogP) is 3.27. The SMILES string of the molecule is CC(C)(CNCc1cncs1)c1cccs1. The molecular weight excluding hydrogens is 236 g/mol. The third-order valence-electron chi connectivity index (χ3n) is 2.54. The Morgan fingerprint density at radius 1 is 1.38 bits per heavy atom. The van der Waals surface area contributed by atoms with E-state index in [1.807, 2.05) is 23.0 Å². The molecule has 0 radical (unpaired) electrons. The largest absolute Gasteiger partial charge is 0.311 e. The van der Waals surface area contributed by atoms with E-state index in [4.69, 9.17) is 0 Å². The molecule has 2 aromatic heterocycles. The summed E-state index contributed by atoms with van der Waals surface area (Å²) < 4.78 is 0. The number of hydrogen-bond donors (Lipinski definition) is 1. The van der Waals surface area contributed by atoms with Crippen LogP contribution in [0.1, 0.15) is 23.6 Å². The Labute approximate surface area is 104 Å². The third-order valence-corrected chi connectivity index (χ3v) is 4.55. The van der Waals surface area contributed by atoms with Gasteiger partial charge in [-0.05, 0) is 11.4 Å². The number of thiophene rings is 1. The summed E-state index contributed by atoms with van der Waals surface area (Å²) in [5, 5.41) is 5.63. The van der Waals surface area contributed by atoms with Crippen molar-refractivity contribution in [1.29, 1.82) is 0 Å². The van der Waals surface area contributed by atoms with E-state index in [0.29, 0.717) is 0 Å². The Balaban J connectivity index is 1.85. The molecule has 2 aromatic rings. The van der Waals surface area contributed by atoms with Crippen LogP contribution in [0.3, 0.4) is 0 Å². The standard InChI is InChI=1S/C12H16N2S2/c1-12(2,11-4-3-5-15-11)8-13-6-10-7-14-9-16-10/h3-5,7,9,13H,6,8H2,1-2H3. The van der Waals surface area contributed by atoms with Gasteiger partial charge in [-0.2, -0.15) is 0 Å². The fraction of sp³-hybridized carbons (Fsp3) is 0.417. The van der Waals surface area contributed by atoms with Crippen LogP contribution in [0.15, 0.2) is 29.2 Å². The van der Waals surface area contributed by atoms with Crippen LogP contribution in [0, 0.1) is 0 Å². The Kier molecular flexibility index (Phi) is 3.74. The number of nitrogens with zero attached hydrogens (tertiary/aromatic N) is 1. The minimum Gasteiger partial charge on any atom is -0.311 e. The molecule has 0 atom stereocenters. The zero-order valence-electron chi connectivity index (χ0n) is 9.56. The first kappa shape index (κ1) is 11.8.